The summed E-state index contributed by atoms with van der Waals surface area (Å²) in [6.45, 7) is 13.6. The largest absolute Gasteiger partial charge is 0.456 e. The normalized spacial score (nSPS) is 13.2. The molecule has 2 aliphatic rings. The Morgan fingerprint density at radius 3 is 1.48 bits per heavy atom. The summed E-state index contributed by atoms with van der Waals surface area (Å²) in [5, 5.41) is 4.39. The van der Waals surface area contributed by atoms with Crippen LogP contribution in [0.3, 0.4) is 0 Å². The maximum atomic E-state index is 6.92. The molecule has 0 radical (unpaired) electrons. The molecule has 446 valence electrons. The van der Waals surface area contributed by atoms with E-state index in [1.807, 2.05) is 0 Å². The summed E-state index contributed by atoms with van der Waals surface area (Å²) in [6, 6.07) is 110. The highest BCUT2D eigenvalue weighted by Gasteiger charge is 2.46. The molecule has 17 rings (SSSR count). The van der Waals surface area contributed by atoms with Crippen molar-refractivity contribution < 1.29 is 8.83 Å². The number of hydrogen-bond acceptors (Lipinski definition) is 5. The van der Waals surface area contributed by atoms with Gasteiger partial charge >= 0.3 is 0 Å². The molecule has 1 atom stereocenters. The van der Waals surface area contributed by atoms with Gasteiger partial charge < -0.3 is 23.5 Å². The molecule has 0 saturated heterocycles. The van der Waals surface area contributed by atoms with Crippen LogP contribution in [0.15, 0.2) is 306 Å². The minimum Gasteiger partial charge on any atom is -0.456 e. The summed E-state index contributed by atoms with van der Waals surface area (Å²) < 4.78 is 13.4. The Bertz CT molecular complexity index is 5350. The van der Waals surface area contributed by atoms with Gasteiger partial charge in [0.25, 0.3) is 6.71 Å². The molecule has 0 fully saturated rings. The summed E-state index contributed by atoms with van der Waals surface area (Å²) in [5.74, 6) is -0.181. The number of fused-ring (bicyclic) bond motifs is 11. The van der Waals surface area contributed by atoms with E-state index in [0.29, 0.717) is 0 Å². The number of rotatable bonds is 10. The predicted octanol–water partition coefficient (Wildman–Crippen LogP) is 22.1. The Balaban J connectivity index is 0.978. The lowest BCUT2D eigenvalue weighted by molar-refractivity contribution is 0.590. The second-order valence-electron chi connectivity index (χ2n) is 27.3. The molecule has 5 nitrogen and oxygen atoms in total. The second-order valence-corrected chi connectivity index (χ2v) is 27.3. The third-order valence-electron chi connectivity index (χ3n) is 19.5. The number of anilines is 9. The van der Waals surface area contributed by atoms with Crippen molar-refractivity contribution in [3.05, 3.63) is 325 Å². The van der Waals surface area contributed by atoms with Gasteiger partial charge in [0.1, 0.15) is 22.3 Å². The molecule has 6 heteroatoms. The van der Waals surface area contributed by atoms with Crippen LogP contribution in [0, 0.1) is 0 Å². The van der Waals surface area contributed by atoms with Crippen molar-refractivity contribution >= 4 is 118 Å². The molecule has 2 aromatic heterocycles. The van der Waals surface area contributed by atoms with Crippen LogP contribution in [0.4, 0.5) is 51.2 Å². The first-order chi connectivity index (χ1) is 45.4. The fourth-order valence-corrected chi connectivity index (χ4v) is 14.9. The summed E-state index contributed by atoms with van der Waals surface area (Å²) >= 11 is 0. The molecule has 4 heterocycles. The second kappa shape index (κ2) is 21.8. The quantitative estimate of drug-likeness (QED) is 0.101. The number of para-hydroxylation sites is 3. The van der Waals surface area contributed by atoms with Gasteiger partial charge in [0, 0.05) is 61.9 Å². The maximum absolute atomic E-state index is 6.92. The molecule has 15 aromatic rings. The monoisotopic (exact) mass is 1200 g/mol. The van der Waals surface area contributed by atoms with E-state index in [4.69, 9.17) is 8.83 Å². The van der Waals surface area contributed by atoms with Crippen molar-refractivity contribution in [1.29, 1.82) is 0 Å². The van der Waals surface area contributed by atoms with E-state index in [2.05, 4.69) is 353 Å². The highest BCUT2D eigenvalue weighted by molar-refractivity contribution is 7.00. The molecular weight excluding hydrogens is 1130 g/mol. The molecular formula is C87H68BN3O2. The highest BCUT2D eigenvalue weighted by Crippen LogP contribution is 2.52. The SMILES string of the molecule is CC(C)(C)c1ccc(N2c3cc(C(c4cccc(-c5ccccc5)c4)c4ccc5oc6ccccc6c5c4)ccc3B3c4ccc5oc6ccccc6c5c4N(c4ccc(C(C)(C)C)cc4)c4cc(N(c5ccccc5)c5ccc(-c6ccccc6)cc5)cc2c43)cc1. The number of nitrogens with zero attached hydrogens (tertiary/aromatic N) is 3. The summed E-state index contributed by atoms with van der Waals surface area (Å²) in [7, 11) is 0. The molecule has 1 unspecified atom stereocenters. The first kappa shape index (κ1) is 55.9. The lowest BCUT2D eigenvalue weighted by Crippen LogP contribution is -2.61. The Labute approximate surface area is 544 Å². The van der Waals surface area contributed by atoms with E-state index < -0.39 is 0 Å². The Morgan fingerprint density at radius 2 is 0.817 bits per heavy atom. The van der Waals surface area contributed by atoms with Crippen molar-refractivity contribution in [3.63, 3.8) is 0 Å². The molecule has 0 spiro atoms. The van der Waals surface area contributed by atoms with Crippen molar-refractivity contribution in [2.75, 3.05) is 14.7 Å². The summed E-state index contributed by atoms with van der Waals surface area (Å²) in [4.78, 5) is 7.61. The topological polar surface area (TPSA) is 36.0 Å². The smallest absolute Gasteiger partial charge is 0.252 e. The molecule has 0 amide bonds. The lowest BCUT2D eigenvalue weighted by Gasteiger charge is -2.45. The number of hydrogen-bond donors (Lipinski definition) is 0. The van der Waals surface area contributed by atoms with Gasteiger partial charge in [0.2, 0.25) is 0 Å². The van der Waals surface area contributed by atoms with Gasteiger partial charge in [-0.2, -0.15) is 0 Å². The Hall–Kier alpha value is -11.1. The molecule has 0 saturated carbocycles. The van der Waals surface area contributed by atoms with Crippen molar-refractivity contribution in [1.82, 2.24) is 0 Å². The number of furan rings is 2. The van der Waals surface area contributed by atoms with Crippen molar-refractivity contribution in [2.24, 2.45) is 0 Å². The summed E-state index contributed by atoms with van der Waals surface area (Å²) in [5.41, 5.74) is 27.6. The van der Waals surface area contributed by atoms with Crippen LogP contribution in [0.2, 0.25) is 0 Å². The number of benzene rings is 13. The van der Waals surface area contributed by atoms with E-state index >= 15 is 0 Å². The van der Waals surface area contributed by atoms with E-state index in [9.17, 15) is 0 Å². The van der Waals surface area contributed by atoms with Crippen LogP contribution in [-0.4, -0.2) is 6.71 Å². The van der Waals surface area contributed by atoms with Gasteiger partial charge in [-0.25, -0.2) is 0 Å². The fraction of sp³-hybridized carbons (Fsp3) is 0.103. The molecule has 2 aliphatic heterocycles. The highest BCUT2D eigenvalue weighted by atomic mass is 16.3. The third-order valence-corrected chi connectivity index (χ3v) is 19.5. The zero-order chi connectivity index (χ0) is 62.7. The van der Waals surface area contributed by atoms with E-state index in [1.165, 1.54) is 60.9 Å². The lowest BCUT2D eigenvalue weighted by atomic mass is 9.33. The summed E-state index contributed by atoms with van der Waals surface area (Å²) in [6.07, 6.45) is 0. The molecule has 0 aliphatic carbocycles. The van der Waals surface area contributed by atoms with Gasteiger partial charge in [-0.15, -0.1) is 0 Å². The predicted molar refractivity (Wildman–Crippen MR) is 392 cm³/mol. The average molecular weight is 1200 g/mol. The van der Waals surface area contributed by atoms with Crippen LogP contribution in [-0.2, 0) is 10.8 Å². The van der Waals surface area contributed by atoms with Gasteiger partial charge in [-0.05, 0) is 174 Å². The first-order valence-corrected chi connectivity index (χ1v) is 32.5. The van der Waals surface area contributed by atoms with Crippen LogP contribution in [0.25, 0.3) is 66.1 Å². The zero-order valence-corrected chi connectivity index (χ0v) is 53.1. The van der Waals surface area contributed by atoms with E-state index in [0.717, 1.165) is 101 Å². The molecule has 93 heavy (non-hydrogen) atoms. The first-order valence-electron chi connectivity index (χ1n) is 32.5. The molecule has 13 aromatic carbocycles. The minimum absolute atomic E-state index is 0.0571. The van der Waals surface area contributed by atoms with Gasteiger partial charge in [0.05, 0.1) is 16.8 Å². The van der Waals surface area contributed by atoms with Gasteiger partial charge in [-0.1, -0.05) is 242 Å². The standard InChI is InChI=1S/C87H68BN3O2/c1-86(2,3)63-37-43-67(44-38-63)90-75-53-62(82(60-26-20-25-59(51-60)57-23-12-8-13-24-57)61-36-49-80-72(52-61)70-29-16-18-31-78(70)92-80)35-47-73(75)88-74-48-50-81-83(71-30-17-19-32-79(71)93-81)85(74)91(68-45-39-64(40-46-68)87(4,5)6)77-55-69(54-76(90)84(77)88)89(65-27-14-9-15-28-65)66-41-33-58(34-42-66)56-21-10-7-11-22-56/h7-55,82H,1-6H3. The third kappa shape index (κ3) is 9.54. The van der Waals surface area contributed by atoms with E-state index in [-0.39, 0.29) is 23.5 Å². The maximum Gasteiger partial charge on any atom is 0.252 e. The van der Waals surface area contributed by atoms with Gasteiger partial charge in [0.15, 0.2) is 0 Å². The average Bonchev–Trinajstić information content (AvgIpc) is 1.51. The van der Waals surface area contributed by atoms with Crippen molar-refractivity contribution in [2.45, 2.75) is 58.3 Å². The molecule has 0 N–H and O–H groups in total. The zero-order valence-electron chi connectivity index (χ0n) is 53.1. The van der Waals surface area contributed by atoms with Crippen LogP contribution < -0.4 is 31.1 Å². The molecule has 0 bridgehead atoms. The van der Waals surface area contributed by atoms with Crippen LogP contribution >= 0.6 is 0 Å². The Kier molecular flexibility index (Phi) is 13.1. The van der Waals surface area contributed by atoms with Crippen LogP contribution in [0.1, 0.15) is 75.3 Å². The Morgan fingerprint density at radius 1 is 0.333 bits per heavy atom. The van der Waals surface area contributed by atoms with Crippen LogP contribution in [0.5, 0.6) is 0 Å². The van der Waals surface area contributed by atoms with Crippen molar-refractivity contribution in [3.8, 4) is 22.3 Å². The van der Waals surface area contributed by atoms with E-state index in [1.54, 1.807) is 0 Å². The minimum atomic E-state index is -0.208. The van der Waals surface area contributed by atoms with Gasteiger partial charge in [-0.3, -0.25) is 0 Å². The fourth-order valence-electron chi connectivity index (χ4n) is 14.9.